The Hall–Kier alpha value is -1.14. The van der Waals surface area contributed by atoms with E-state index in [2.05, 4.69) is 23.7 Å². The molecular weight excluding hydrogens is 310 g/mol. The van der Waals surface area contributed by atoms with Crippen LogP contribution in [0.3, 0.4) is 0 Å². The van der Waals surface area contributed by atoms with Crippen LogP contribution < -0.4 is 4.90 Å². The molecule has 2 heterocycles. The molecule has 0 bridgehead atoms. The standard InChI is InChI=1S/C17H29N3O2S/c1-12(2)20(13(3)4)23(21,22)16-7-8-17(18-11-16)19-10-9-14(5)15(19)6/h7-8,11-15H,9-10H2,1-6H3. The maximum atomic E-state index is 12.8. The molecule has 0 radical (unpaired) electrons. The van der Waals surface area contributed by atoms with Gasteiger partial charge in [-0.2, -0.15) is 4.31 Å². The molecule has 0 N–H and O–H groups in total. The molecule has 5 nitrogen and oxygen atoms in total. The van der Waals surface area contributed by atoms with Crippen molar-refractivity contribution in [3.8, 4) is 0 Å². The van der Waals surface area contributed by atoms with Gasteiger partial charge in [0.1, 0.15) is 10.7 Å². The molecule has 6 heteroatoms. The summed E-state index contributed by atoms with van der Waals surface area (Å²) in [4.78, 5) is 6.95. The lowest BCUT2D eigenvalue weighted by atomic mass is 10.1. The van der Waals surface area contributed by atoms with Gasteiger partial charge in [-0.1, -0.05) is 6.92 Å². The Labute approximate surface area is 140 Å². The quantitative estimate of drug-likeness (QED) is 0.827. The highest BCUT2D eigenvalue weighted by molar-refractivity contribution is 7.89. The number of hydrogen-bond acceptors (Lipinski definition) is 4. The Morgan fingerprint density at radius 1 is 1.17 bits per heavy atom. The highest BCUT2D eigenvalue weighted by atomic mass is 32.2. The van der Waals surface area contributed by atoms with E-state index < -0.39 is 10.0 Å². The largest absolute Gasteiger partial charge is 0.354 e. The Morgan fingerprint density at radius 2 is 1.78 bits per heavy atom. The summed E-state index contributed by atoms with van der Waals surface area (Å²) < 4.78 is 27.2. The van der Waals surface area contributed by atoms with Crippen LogP contribution in [0.1, 0.15) is 48.0 Å². The SMILES string of the molecule is CC1CCN(c2ccc(S(=O)(=O)N(C(C)C)C(C)C)cn2)C1C. The van der Waals surface area contributed by atoms with E-state index in [0.717, 1.165) is 18.8 Å². The molecule has 0 aliphatic carbocycles. The maximum Gasteiger partial charge on any atom is 0.245 e. The lowest BCUT2D eigenvalue weighted by Crippen LogP contribution is -2.42. The molecule has 0 spiro atoms. The first-order valence-electron chi connectivity index (χ1n) is 8.42. The van der Waals surface area contributed by atoms with Crippen LogP contribution in [0.15, 0.2) is 23.2 Å². The van der Waals surface area contributed by atoms with E-state index in [-0.39, 0.29) is 17.0 Å². The third kappa shape index (κ3) is 3.53. The Kier molecular flexibility index (Phi) is 5.36. The van der Waals surface area contributed by atoms with E-state index in [4.69, 9.17) is 0 Å². The highest BCUT2D eigenvalue weighted by Gasteiger charge is 2.31. The van der Waals surface area contributed by atoms with E-state index >= 15 is 0 Å². The van der Waals surface area contributed by atoms with Gasteiger partial charge >= 0.3 is 0 Å². The van der Waals surface area contributed by atoms with Gasteiger partial charge in [-0.25, -0.2) is 13.4 Å². The van der Waals surface area contributed by atoms with Gasteiger partial charge < -0.3 is 4.90 Å². The molecule has 2 atom stereocenters. The first kappa shape index (κ1) is 18.2. The van der Waals surface area contributed by atoms with Crippen LogP contribution in [0.25, 0.3) is 0 Å². The Balaban J connectivity index is 2.28. The predicted molar refractivity (Wildman–Crippen MR) is 94.1 cm³/mol. The smallest absolute Gasteiger partial charge is 0.245 e. The van der Waals surface area contributed by atoms with Crippen LogP contribution in [0.5, 0.6) is 0 Å². The van der Waals surface area contributed by atoms with E-state index in [1.54, 1.807) is 6.07 Å². The summed E-state index contributed by atoms with van der Waals surface area (Å²) in [6, 6.07) is 3.79. The van der Waals surface area contributed by atoms with E-state index in [9.17, 15) is 8.42 Å². The van der Waals surface area contributed by atoms with Crippen LogP contribution in [0.4, 0.5) is 5.82 Å². The van der Waals surface area contributed by atoms with Crippen LogP contribution >= 0.6 is 0 Å². The van der Waals surface area contributed by atoms with Gasteiger partial charge in [0, 0.05) is 30.9 Å². The number of sulfonamides is 1. The molecule has 1 aromatic rings. The van der Waals surface area contributed by atoms with Crippen molar-refractivity contribution in [1.82, 2.24) is 9.29 Å². The number of nitrogens with zero attached hydrogens (tertiary/aromatic N) is 3. The zero-order valence-electron chi connectivity index (χ0n) is 15.0. The van der Waals surface area contributed by atoms with Crippen molar-refractivity contribution in [2.45, 2.75) is 71.0 Å². The Bertz CT molecular complexity index is 618. The number of rotatable bonds is 5. The minimum absolute atomic E-state index is 0.0841. The minimum atomic E-state index is -3.51. The van der Waals surface area contributed by atoms with Crippen molar-refractivity contribution >= 4 is 15.8 Å². The molecule has 23 heavy (non-hydrogen) atoms. The summed E-state index contributed by atoms with van der Waals surface area (Å²) in [5, 5.41) is 0. The summed E-state index contributed by atoms with van der Waals surface area (Å²) in [5.41, 5.74) is 0. The molecule has 2 unspecified atom stereocenters. The molecule has 1 saturated heterocycles. The normalized spacial score (nSPS) is 22.6. The van der Waals surface area contributed by atoms with Gasteiger partial charge in [-0.15, -0.1) is 0 Å². The van der Waals surface area contributed by atoms with Gasteiger partial charge in [-0.05, 0) is 59.1 Å². The van der Waals surface area contributed by atoms with E-state index in [0.29, 0.717) is 12.0 Å². The summed E-state index contributed by atoms with van der Waals surface area (Å²) in [7, 11) is -3.51. The van der Waals surface area contributed by atoms with Crippen LogP contribution in [0.2, 0.25) is 0 Å². The van der Waals surface area contributed by atoms with Crippen molar-refractivity contribution < 1.29 is 8.42 Å². The van der Waals surface area contributed by atoms with Crippen molar-refractivity contribution in [3.63, 3.8) is 0 Å². The second-order valence-electron chi connectivity index (χ2n) is 7.07. The molecule has 0 amide bonds. The summed E-state index contributed by atoms with van der Waals surface area (Å²) >= 11 is 0. The predicted octanol–water partition coefficient (Wildman–Crippen LogP) is 3.12. The Morgan fingerprint density at radius 3 is 2.17 bits per heavy atom. The van der Waals surface area contributed by atoms with Crippen molar-refractivity contribution in [2.24, 2.45) is 5.92 Å². The molecule has 1 aliphatic rings. The fraction of sp³-hybridized carbons (Fsp3) is 0.706. The summed E-state index contributed by atoms with van der Waals surface area (Å²) in [6.07, 6.45) is 2.65. The van der Waals surface area contributed by atoms with Gasteiger partial charge in [0.2, 0.25) is 10.0 Å². The highest BCUT2D eigenvalue weighted by Crippen LogP contribution is 2.29. The first-order valence-corrected chi connectivity index (χ1v) is 9.86. The molecular formula is C17H29N3O2S. The lowest BCUT2D eigenvalue weighted by Gasteiger charge is -2.29. The second kappa shape index (κ2) is 6.77. The number of aromatic nitrogens is 1. The summed E-state index contributed by atoms with van der Waals surface area (Å²) in [6.45, 7) is 13.0. The van der Waals surface area contributed by atoms with Gasteiger partial charge in [0.25, 0.3) is 0 Å². The summed E-state index contributed by atoms with van der Waals surface area (Å²) in [5.74, 6) is 1.50. The fourth-order valence-corrected chi connectivity index (χ4v) is 5.17. The third-order valence-corrected chi connectivity index (χ3v) is 6.98. The molecule has 2 rings (SSSR count). The molecule has 1 aromatic heterocycles. The lowest BCUT2D eigenvalue weighted by molar-refractivity contribution is 0.302. The second-order valence-corrected chi connectivity index (χ2v) is 8.92. The average Bonchev–Trinajstić information content (AvgIpc) is 2.78. The monoisotopic (exact) mass is 339 g/mol. The van der Waals surface area contributed by atoms with Crippen LogP contribution in [-0.4, -0.2) is 42.4 Å². The number of pyridine rings is 1. The fourth-order valence-electron chi connectivity index (χ4n) is 3.39. The third-order valence-electron chi connectivity index (χ3n) is 4.75. The zero-order valence-corrected chi connectivity index (χ0v) is 15.8. The van der Waals surface area contributed by atoms with Crippen LogP contribution in [-0.2, 0) is 10.0 Å². The topological polar surface area (TPSA) is 53.5 Å². The maximum absolute atomic E-state index is 12.8. The van der Waals surface area contributed by atoms with E-state index in [1.807, 2.05) is 33.8 Å². The number of hydrogen-bond donors (Lipinski definition) is 0. The zero-order chi connectivity index (χ0) is 17.4. The molecule has 1 fully saturated rings. The first-order chi connectivity index (χ1) is 10.7. The van der Waals surface area contributed by atoms with Gasteiger partial charge in [-0.3, -0.25) is 0 Å². The molecule has 0 saturated carbocycles. The minimum Gasteiger partial charge on any atom is -0.354 e. The molecule has 130 valence electrons. The van der Waals surface area contributed by atoms with Crippen molar-refractivity contribution in [2.75, 3.05) is 11.4 Å². The van der Waals surface area contributed by atoms with Gasteiger partial charge in [0.05, 0.1) is 0 Å². The van der Waals surface area contributed by atoms with Crippen LogP contribution in [0, 0.1) is 5.92 Å². The van der Waals surface area contributed by atoms with Gasteiger partial charge in [0.15, 0.2) is 0 Å². The van der Waals surface area contributed by atoms with E-state index in [1.165, 1.54) is 10.5 Å². The number of anilines is 1. The average molecular weight is 340 g/mol. The van der Waals surface area contributed by atoms with Crippen molar-refractivity contribution in [1.29, 1.82) is 0 Å². The molecule has 1 aliphatic heterocycles. The van der Waals surface area contributed by atoms with Crippen molar-refractivity contribution in [3.05, 3.63) is 18.3 Å². The molecule has 0 aromatic carbocycles.